The number of aromatic nitrogens is 3. The summed E-state index contributed by atoms with van der Waals surface area (Å²) in [4.78, 5) is 25.0. The number of fused-ring (bicyclic) bond motifs is 1. The molecule has 0 spiro atoms. The van der Waals surface area contributed by atoms with E-state index < -0.39 is 0 Å². The predicted octanol–water partition coefficient (Wildman–Crippen LogP) is 3.01. The fourth-order valence-corrected chi connectivity index (χ4v) is 2.86. The van der Waals surface area contributed by atoms with Crippen molar-refractivity contribution >= 4 is 22.6 Å². The lowest BCUT2D eigenvalue weighted by molar-refractivity contribution is 0.245. The van der Waals surface area contributed by atoms with Crippen LogP contribution in [0.5, 0.6) is 0 Å². The van der Waals surface area contributed by atoms with Crippen LogP contribution in [0.4, 0.5) is 10.5 Å². The third-order valence-electron chi connectivity index (χ3n) is 4.70. The molecule has 0 aliphatic heterocycles. The van der Waals surface area contributed by atoms with Gasteiger partial charge in [0.2, 0.25) is 0 Å². The van der Waals surface area contributed by atoms with Crippen LogP contribution in [0.15, 0.2) is 47.3 Å². The minimum absolute atomic E-state index is 0.212. The molecule has 2 aromatic carbocycles. The highest BCUT2D eigenvalue weighted by Gasteiger charge is 2.15. The second-order valence-corrected chi connectivity index (χ2v) is 6.54. The number of amides is 2. The van der Waals surface area contributed by atoms with Gasteiger partial charge < -0.3 is 10.6 Å². The molecule has 2 amide bonds. The number of hydrogen-bond acceptors (Lipinski definition) is 4. The molecule has 0 saturated carbocycles. The number of hydrogen-bond donors (Lipinski definition) is 2. The number of carbonyl (C=O) groups is 1. The SMILES string of the molecule is CC[C@H](Cn1nnc2ccccc2c1=O)NC(=O)Nc1cccc(C)c1C. The van der Waals surface area contributed by atoms with Gasteiger partial charge in [0.1, 0.15) is 5.52 Å². The highest BCUT2D eigenvalue weighted by atomic mass is 16.2. The Morgan fingerprint density at radius 2 is 1.93 bits per heavy atom. The van der Waals surface area contributed by atoms with E-state index in [1.54, 1.807) is 18.2 Å². The maximum absolute atomic E-state index is 12.6. The second kappa shape index (κ2) is 7.99. The molecule has 3 rings (SSSR count). The number of rotatable bonds is 5. The van der Waals surface area contributed by atoms with Crippen molar-refractivity contribution in [3.05, 3.63) is 63.9 Å². The topological polar surface area (TPSA) is 88.9 Å². The minimum Gasteiger partial charge on any atom is -0.333 e. The molecular formula is C20H23N5O2. The lowest BCUT2D eigenvalue weighted by Gasteiger charge is -2.18. The number of anilines is 1. The Bertz CT molecular complexity index is 1030. The maximum atomic E-state index is 12.6. The van der Waals surface area contributed by atoms with E-state index in [9.17, 15) is 9.59 Å². The summed E-state index contributed by atoms with van der Waals surface area (Å²) < 4.78 is 1.30. The number of nitrogens with one attached hydrogen (secondary N) is 2. The quantitative estimate of drug-likeness (QED) is 0.727. The number of benzene rings is 2. The first-order valence-electron chi connectivity index (χ1n) is 8.96. The predicted molar refractivity (Wildman–Crippen MR) is 106 cm³/mol. The van der Waals surface area contributed by atoms with Crippen LogP contribution >= 0.6 is 0 Å². The van der Waals surface area contributed by atoms with Crippen LogP contribution in [-0.4, -0.2) is 27.1 Å². The molecule has 0 aliphatic rings. The highest BCUT2D eigenvalue weighted by molar-refractivity contribution is 5.90. The van der Waals surface area contributed by atoms with Gasteiger partial charge in [-0.3, -0.25) is 4.79 Å². The van der Waals surface area contributed by atoms with E-state index in [-0.39, 0.29) is 24.2 Å². The summed E-state index contributed by atoms with van der Waals surface area (Å²) >= 11 is 0. The molecule has 1 atom stereocenters. The molecule has 0 saturated heterocycles. The van der Waals surface area contributed by atoms with Gasteiger partial charge in [0.15, 0.2) is 0 Å². The largest absolute Gasteiger partial charge is 0.333 e. The summed E-state index contributed by atoms with van der Waals surface area (Å²) in [5, 5.41) is 14.4. The fourth-order valence-electron chi connectivity index (χ4n) is 2.86. The van der Waals surface area contributed by atoms with Gasteiger partial charge in [0.25, 0.3) is 5.56 Å². The molecule has 0 unspecified atom stereocenters. The van der Waals surface area contributed by atoms with Gasteiger partial charge in [-0.05, 0) is 49.6 Å². The van der Waals surface area contributed by atoms with Gasteiger partial charge in [0, 0.05) is 5.69 Å². The maximum Gasteiger partial charge on any atom is 0.319 e. The van der Waals surface area contributed by atoms with E-state index in [1.165, 1.54) is 4.68 Å². The zero-order valence-corrected chi connectivity index (χ0v) is 15.7. The summed E-state index contributed by atoms with van der Waals surface area (Å²) in [7, 11) is 0. The van der Waals surface area contributed by atoms with E-state index in [4.69, 9.17) is 0 Å². The molecule has 1 heterocycles. The third kappa shape index (κ3) is 4.13. The number of nitrogens with zero attached hydrogens (tertiary/aromatic N) is 3. The average molecular weight is 365 g/mol. The van der Waals surface area contributed by atoms with Crippen molar-refractivity contribution in [1.29, 1.82) is 0 Å². The monoisotopic (exact) mass is 365 g/mol. The molecule has 27 heavy (non-hydrogen) atoms. The first-order valence-corrected chi connectivity index (χ1v) is 8.96. The van der Waals surface area contributed by atoms with E-state index >= 15 is 0 Å². The fraction of sp³-hybridized carbons (Fsp3) is 0.300. The summed E-state index contributed by atoms with van der Waals surface area (Å²) in [5.41, 5.74) is 3.25. The van der Waals surface area contributed by atoms with Crippen LogP contribution in [0, 0.1) is 13.8 Å². The molecule has 0 radical (unpaired) electrons. The molecule has 3 aromatic rings. The summed E-state index contributed by atoms with van der Waals surface area (Å²) in [6, 6.07) is 12.3. The van der Waals surface area contributed by atoms with Crippen LogP contribution in [-0.2, 0) is 6.54 Å². The Labute approximate surface area is 157 Å². The smallest absolute Gasteiger partial charge is 0.319 e. The zero-order valence-electron chi connectivity index (χ0n) is 15.7. The van der Waals surface area contributed by atoms with Crippen molar-refractivity contribution in [2.45, 2.75) is 39.8 Å². The van der Waals surface area contributed by atoms with Crippen LogP contribution in [0.2, 0.25) is 0 Å². The minimum atomic E-state index is -0.308. The average Bonchev–Trinajstić information content (AvgIpc) is 2.67. The Hall–Kier alpha value is -3.22. The van der Waals surface area contributed by atoms with Crippen molar-refractivity contribution in [3.63, 3.8) is 0 Å². The van der Waals surface area contributed by atoms with E-state index in [1.807, 2.05) is 45.0 Å². The Morgan fingerprint density at radius 1 is 1.15 bits per heavy atom. The van der Waals surface area contributed by atoms with Gasteiger partial charge >= 0.3 is 6.03 Å². The molecule has 2 N–H and O–H groups in total. The molecule has 0 bridgehead atoms. The molecule has 0 aliphatic carbocycles. The molecular weight excluding hydrogens is 342 g/mol. The first-order chi connectivity index (χ1) is 13.0. The molecule has 140 valence electrons. The van der Waals surface area contributed by atoms with Crippen LogP contribution in [0.1, 0.15) is 24.5 Å². The van der Waals surface area contributed by atoms with Crippen molar-refractivity contribution in [2.75, 3.05) is 5.32 Å². The van der Waals surface area contributed by atoms with Crippen LogP contribution in [0.3, 0.4) is 0 Å². The summed E-state index contributed by atoms with van der Waals surface area (Å²) in [5.74, 6) is 0. The molecule has 7 heteroatoms. The summed E-state index contributed by atoms with van der Waals surface area (Å²) in [6.45, 7) is 6.17. The Morgan fingerprint density at radius 3 is 2.70 bits per heavy atom. The van der Waals surface area contributed by atoms with Gasteiger partial charge in [-0.25, -0.2) is 9.48 Å². The van der Waals surface area contributed by atoms with E-state index in [0.717, 1.165) is 16.8 Å². The van der Waals surface area contributed by atoms with Gasteiger partial charge in [-0.15, -0.1) is 5.10 Å². The highest BCUT2D eigenvalue weighted by Crippen LogP contribution is 2.17. The van der Waals surface area contributed by atoms with Crippen molar-refractivity contribution in [3.8, 4) is 0 Å². The normalized spacial score (nSPS) is 12.0. The van der Waals surface area contributed by atoms with Crippen LogP contribution in [0.25, 0.3) is 10.9 Å². The standard InChI is InChI=1S/C20H23N5O2/c1-4-15(21-20(27)22-17-11-7-8-13(2)14(17)3)12-25-19(26)16-9-5-6-10-18(16)23-24-25/h5-11,15H,4,12H2,1-3H3,(H2,21,22,27)/t15-/m1/s1. The van der Waals surface area contributed by atoms with Gasteiger partial charge in [0.05, 0.1) is 18.0 Å². The van der Waals surface area contributed by atoms with Crippen molar-refractivity contribution < 1.29 is 4.79 Å². The van der Waals surface area contributed by atoms with Crippen molar-refractivity contribution in [1.82, 2.24) is 20.3 Å². The van der Waals surface area contributed by atoms with Crippen LogP contribution < -0.4 is 16.2 Å². The molecule has 0 fully saturated rings. The summed E-state index contributed by atoms with van der Waals surface area (Å²) in [6.07, 6.45) is 0.654. The first kappa shape index (κ1) is 18.6. The van der Waals surface area contributed by atoms with E-state index in [2.05, 4.69) is 20.9 Å². The molecule has 1 aromatic heterocycles. The molecule has 7 nitrogen and oxygen atoms in total. The van der Waals surface area contributed by atoms with Crippen molar-refractivity contribution in [2.24, 2.45) is 0 Å². The van der Waals surface area contributed by atoms with E-state index in [0.29, 0.717) is 17.3 Å². The number of aryl methyl sites for hydroxylation is 1. The Kier molecular flexibility index (Phi) is 5.49. The second-order valence-electron chi connectivity index (χ2n) is 6.54. The zero-order chi connectivity index (χ0) is 19.4. The number of carbonyl (C=O) groups excluding carboxylic acids is 1. The Balaban J connectivity index is 1.72. The third-order valence-corrected chi connectivity index (χ3v) is 4.70. The van der Waals surface area contributed by atoms with Gasteiger partial charge in [-0.2, -0.15) is 0 Å². The lowest BCUT2D eigenvalue weighted by atomic mass is 10.1. The van der Waals surface area contributed by atoms with Gasteiger partial charge in [-0.1, -0.05) is 36.4 Å². The lowest BCUT2D eigenvalue weighted by Crippen LogP contribution is -2.42. The number of urea groups is 1.